The van der Waals surface area contributed by atoms with E-state index in [-0.39, 0.29) is 5.84 Å². The minimum Gasteiger partial charge on any atom is -0.384 e. The van der Waals surface area contributed by atoms with Crippen molar-refractivity contribution in [2.45, 2.75) is 16.7 Å². The topological polar surface area (TPSA) is 49.9 Å². The second-order valence-electron chi connectivity index (χ2n) is 3.95. The van der Waals surface area contributed by atoms with Crippen molar-refractivity contribution in [1.82, 2.24) is 0 Å². The lowest BCUT2D eigenvalue weighted by molar-refractivity contribution is 1.30. The molecule has 2 aromatic rings. The first-order valence-corrected chi connectivity index (χ1v) is 6.64. The molecule has 0 amide bonds. The Hall–Kier alpha value is -1.45. The molecule has 0 spiro atoms. The third-order valence-corrected chi connectivity index (χ3v) is 3.79. The molecule has 2 aromatic carbocycles. The molecule has 92 valence electrons. The van der Waals surface area contributed by atoms with Gasteiger partial charge in [-0.3, -0.25) is 5.41 Å². The molecule has 0 aliphatic rings. The predicted molar refractivity (Wildman–Crippen MR) is 77.8 cm³/mol. The average molecular weight is 277 g/mol. The summed E-state index contributed by atoms with van der Waals surface area (Å²) in [6, 6.07) is 13.6. The van der Waals surface area contributed by atoms with Crippen molar-refractivity contribution < 1.29 is 0 Å². The second kappa shape index (κ2) is 5.46. The number of benzene rings is 2. The summed E-state index contributed by atoms with van der Waals surface area (Å²) >= 11 is 7.51. The molecule has 2 rings (SSSR count). The maximum Gasteiger partial charge on any atom is 0.123 e. The van der Waals surface area contributed by atoms with Crippen LogP contribution in [0.15, 0.2) is 52.3 Å². The second-order valence-corrected chi connectivity index (χ2v) is 5.53. The molecule has 3 N–H and O–H groups in total. The number of rotatable bonds is 3. The Labute approximate surface area is 116 Å². The van der Waals surface area contributed by atoms with Gasteiger partial charge in [0.2, 0.25) is 0 Å². The lowest BCUT2D eigenvalue weighted by Gasteiger charge is -2.07. The standard InChI is InChI=1S/C14H13ClN2S/c1-9-8-12(6-7-13(9)14(16)17)18-11-4-2-10(15)3-5-11/h2-8H,1H3,(H3,16,17). The number of nitrogens with two attached hydrogens (primary N) is 1. The minimum absolute atomic E-state index is 0.107. The maximum atomic E-state index is 7.45. The summed E-state index contributed by atoms with van der Waals surface area (Å²) in [4.78, 5) is 2.26. The molecular weight excluding hydrogens is 264 g/mol. The molecule has 18 heavy (non-hydrogen) atoms. The summed E-state index contributed by atoms with van der Waals surface area (Å²) in [6.45, 7) is 1.96. The van der Waals surface area contributed by atoms with Crippen LogP contribution in [0.2, 0.25) is 5.02 Å². The van der Waals surface area contributed by atoms with E-state index in [1.54, 1.807) is 11.8 Å². The van der Waals surface area contributed by atoms with Crippen LogP contribution >= 0.6 is 23.4 Å². The van der Waals surface area contributed by atoms with Crippen LogP contribution in [0.1, 0.15) is 11.1 Å². The summed E-state index contributed by atoms with van der Waals surface area (Å²) in [5, 5.41) is 8.19. The molecule has 2 nitrogen and oxygen atoms in total. The molecule has 0 atom stereocenters. The van der Waals surface area contributed by atoms with Crippen molar-refractivity contribution in [3.8, 4) is 0 Å². The molecule has 0 unspecified atom stereocenters. The number of nitrogens with one attached hydrogen (secondary N) is 1. The smallest absolute Gasteiger partial charge is 0.123 e. The minimum atomic E-state index is 0.107. The molecule has 0 saturated heterocycles. The summed E-state index contributed by atoms with van der Waals surface area (Å²) < 4.78 is 0. The lowest BCUT2D eigenvalue weighted by Crippen LogP contribution is -2.12. The van der Waals surface area contributed by atoms with Gasteiger partial charge in [0.25, 0.3) is 0 Å². The van der Waals surface area contributed by atoms with E-state index in [0.717, 1.165) is 25.9 Å². The largest absolute Gasteiger partial charge is 0.384 e. The Morgan fingerprint density at radius 3 is 2.28 bits per heavy atom. The van der Waals surface area contributed by atoms with Crippen molar-refractivity contribution in [3.05, 3.63) is 58.6 Å². The Kier molecular flexibility index (Phi) is 3.94. The Morgan fingerprint density at radius 2 is 1.72 bits per heavy atom. The van der Waals surface area contributed by atoms with E-state index in [9.17, 15) is 0 Å². The zero-order valence-electron chi connectivity index (χ0n) is 9.91. The van der Waals surface area contributed by atoms with E-state index >= 15 is 0 Å². The first-order chi connectivity index (χ1) is 8.56. The first kappa shape index (κ1) is 13.0. The monoisotopic (exact) mass is 276 g/mol. The Morgan fingerprint density at radius 1 is 1.11 bits per heavy atom. The fraction of sp³-hybridized carbons (Fsp3) is 0.0714. The number of nitrogen functional groups attached to an aromatic ring is 1. The van der Waals surface area contributed by atoms with Crippen LogP contribution in [-0.4, -0.2) is 5.84 Å². The van der Waals surface area contributed by atoms with Gasteiger partial charge in [-0.05, 0) is 55.0 Å². The van der Waals surface area contributed by atoms with Crippen LogP contribution < -0.4 is 5.73 Å². The highest BCUT2D eigenvalue weighted by molar-refractivity contribution is 7.99. The summed E-state index contributed by atoms with van der Waals surface area (Å²) in [5.41, 5.74) is 7.30. The van der Waals surface area contributed by atoms with Crippen LogP contribution in [0.5, 0.6) is 0 Å². The normalized spacial score (nSPS) is 10.3. The maximum absolute atomic E-state index is 7.45. The van der Waals surface area contributed by atoms with Gasteiger partial charge in [-0.25, -0.2) is 0 Å². The molecule has 0 saturated carbocycles. The van der Waals surface area contributed by atoms with Gasteiger partial charge in [-0.1, -0.05) is 23.4 Å². The van der Waals surface area contributed by atoms with Crippen molar-refractivity contribution in [2.75, 3.05) is 0 Å². The Balaban J connectivity index is 2.22. The quantitative estimate of drug-likeness (QED) is 0.655. The number of hydrogen-bond acceptors (Lipinski definition) is 2. The molecule has 0 aliphatic heterocycles. The van der Waals surface area contributed by atoms with Crippen LogP contribution in [0.4, 0.5) is 0 Å². The van der Waals surface area contributed by atoms with Crippen molar-refractivity contribution >= 4 is 29.2 Å². The SMILES string of the molecule is Cc1cc(Sc2ccc(Cl)cc2)ccc1C(=N)N. The van der Waals surface area contributed by atoms with E-state index in [4.69, 9.17) is 22.7 Å². The lowest BCUT2D eigenvalue weighted by atomic mass is 10.1. The summed E-state index contributed by atoms with van der Waals surface area (Å²) in [6.07, 6.45) is 0. The van der Waals surface area contributed by atoms with E-state index < -0.39 is 0 Å². The zero-order chi connectivity index (χ0) is 13.1. The average Bonchev–Trinajstić information content (AvgIpc) is 2.32. The van der Waals surface area contributed by atoms with E-state index in [2.05, 4.69) is 0 Å². The number of aryl methyl sites for hydroxylation is 1. The highest BCUT2D eigenvalue weighted by atomic mass is 35.5. The van der Waals surface area contributed by atoms with Gasteiger partial charge in [0, 0.05) is 20.4 Å². The van der Waals surface area contributed by atoms with Gasteiger partial charge in [-0.15, -0.1) is 0 Å². The molecule has 4 heteroatoms. The van der Waals surface area contributed by atoms with Crippen LogP contribution in [-0.2, 0) is 0 Å². The van der Waals surface area contributed by atoms with Crippen molar-refractivity contribution in [2.24, 2.45) is 5.73 Å². The van der Waals surface area contributed by atoms with Crippen LogP contribution in [0, 0.1) is 12.3 Å². The Bertz CT molecular complexity index is 579. The molecular formula is C14H13ClN2S. The van der Waals surface area contributed by atoms with Crippen LogP contribution in [0.3, 0.4) is 0 Å². The molecule has 0 fully saturated rings. The number of halogens is 1. The molecule has 0 aromatic heterocycles. The van der Waals surface area contributed by atoms with Gasteiger partial charge < -0.3 is 5.73 Å². The number of hydrogen-bond donors (Lipinski definition) is 2. The fourth-order valence-electron chi connectivity index (χ4n) is 1.64. The molecule has 0 heterocycles. The van der Waals surface area contributed by atoms with Crippen molar-refractivity contribution in [1.29, 1.82) is 5.41 Å². The third-order valence-electron chi connectivity index (χ3n) is 2.54. The van der Waals surface area contributed by atoms with Crippen LogP contribution in [0.25, 0.3) is 0 Å². The summed E-state index contributed by atoms with van der Waals surface area (Å²) in [5.74, 6) is 0.107. The van der Waals surface area contributed by atoms with Gasteiger partial charge in [0.05, 0.1) is 0 Å². The van der Waals surface area contributed by atoms with E-state index in [1.165, 1.54) is 0 Å². The van der Waals surface area contributed by atoms with Gasteiger partial charge in [0.1, 0.15) is 5.84 Å². The highest BCUT2D eigenvalue weighted by Gasteiger charge is 2.04. The van der Waals surface area contributed by atoms with Gasteiger partial charge in [-0.2, -0.15) is 0 Å². The first-order valence-electron chi connectivity index (χ1n) is 5.45. The fourth-order valence-corrected chi connectivity index (χ4v) is 2.68. The summed E-state index contributed by atoms with van der Waals surface area (Å²) in [7, 11) is 0. The molecule has 0 bridgehead atoms. The predicted octanol–water partition coefficient (Wildman–Crippen LogP) is 4.08. The number of amidine groups is 1. The highest BCUT2D eigenvalue weighted by Crippen LogP contribution is 2.29. The van der Waals surface area contributed by atoms with Gasteiger partial charge >= 0.3 is 0 Å². The zero-order valence-corrected chi connectivity index (χ0v) is 11.5. The van der Waals surface area contributed by atoms with Crippen molar-refractivity contribution in [3.63, 3.8) is 0 Å². The molecule has 0 radical (unpaired) electrons. The van der Waals surface area contributed by atoms with E-state index in [1.807, 2.05) is 49.4 Å². The van der Waals surface area contributed by atoms with Gasteiger partial charge in [0.15, 0.2) is 0 Å². The van der Waals surface area contributed by atoms with E-state index in [0.29, 0.717) is 0 Å². The molecule has 0 aliphatic carbocycles. The third kappa shape index (κ3) is 3.06.